The minimum absolute atomic E-state index is 0.449. The topological polar surface area (TPSA) is 57.5 Å². The summed E-state index contributed by atoms with van der Waals surface area (Å²) in [5.74, 6) is 0. The predicted molar refractivity (Wildman–Crippen MR) is 113 cm³/mol. The van der Waals surface area contributed by atoms with Gasteiger partial charge in [-0.15, -0.1) is 0 Å². The molecule has 3 aromatic carbocycles. The third kappa shape index (κ3) is 3.52. The predicted octanol–water partition coefficient (Wildman–Crippen LogP) is 6.23. The molecular weight excluding hydrogens is 378 g/mol. The maximum atomic E-state index is 9.57. The van der Waals surface area contributed by atoms with Crippen LogP contribution in [0.1, 0.15) is 16.7 Å². The Bertz CT molecular complexity index is 1120. The number of aryl methyl sites for hydroxylation is 1. The van der Waals surface area contributed by atoms with Crippen LogP contribution in [0.3, 0.4) is 0 Å². The van der Waals surface area contributed by atoms with Crippen molar-refractivity contribution in [3.05, 3.63) is 88.4 Å². The van der Waals surface area contributed by atoms with Crippen molar-refractivity contribution >= 4 is 49.7 Å². The van der Waals surface area contributed by atoms with Gasteiger partial charge in [0.25, 0.3) is 0 Å². The van der Waals surface area contributed by atoms with Gasteiger partial charge in [0, 0.05) is 16.8 Å². The summed E-state index contributed by atoms with van der Waals surface area (Å²) in [7, 11) is 0. The van der Waals surface area contributed by atoms with Gasteiger partial charge in [-0.2, -0.15) is 0 Å². The number of nitrogens with one attached hydrogen (secondary N) is 1. The quantitative estimate of drug-likeness (QED) is 0.245. The molecule has 4 aromatic rings. The third-order valence-corrected chi connectivity index (χ3v) is 5.53. The van der Waals surface area contributed by atoms with E-state index in [0.717, 1.165) is 32.2 Å². The lowest BCUT2D eigenvalue weighted by atomic mass is 9.98. The van der Waals surface area contributed by atoms with Crippen molar-refractivity contribution in [1.82, 2.24) is 4.98 Å². The molecule has 0 radical (unpaired) electrons. The molecule has 4 nitrogen and oxygen atoms in total. The molecule has 0 aliphatic heterocycles. The molecule has 0 atom stereocenters. The number of thiazole rings is 1. The van der Waals surface area contributed by atoms with Gasteiger partial charge in [-0.25, -0.2) is 4.98 Å². The van der Waals surface area contributed by atoms with E-state index in [1.54, 1.807) is 11.3 Å². The molecule has 6 heteroatoms. The summed E-state index contributed by atoms with van der Waals surface area (Å²) < 4.78 is 1.12. The molecular formula is C21H16ClN3OS. The zero-order valence-corrected chi connectivity index (χ0v) is 16.1. The summed E-state index contributed by atoms with van der Waals surface area (Å²) in [6, 6.07) is 21.3. The minimum Gasteiger partial charge on any atom is -0.410 e. The average Bonchev–Trinajstić information content (AvgIpc) is 3.07. The monoisotopic (exact) mass is 393 g/mol. The maximum Gasteiger partial charge on any atom is 0.188 e. The molecule has 0 fully saturated rings. The normalized spacial score (nSPS) is 11.7. The van der Waals surface area contributed by atoms with Crippen molar-refractivity contribution in [2.45, 2.75) is 6.92 Å². The first-order chi connectivity index (χ1) is 13.2. The van der Waals surface area contributed by atoms with Gasteiger partial charge in [0.15, 0.2) is 5.13 Å². The first-order valence-corrected chi connectivity index (χ1v) is 9.56. The zero-order valence-electron chi connectivity index (χ0n) is 14.5. The smallest absolute Gasteiger partial charge is 0.188 e. The molecule has 0 saturated heterocycles. The molecule has 0 amide bonds. The van der Waals surface area contributed by atoms with Crippen LogP contribution in [0.15, 0.2) is 71.9 Å². The van der Waals surface area contributed by atoms with Gasteiger partial charge in [0.2, 0.25) is 0 Å². The Hall–Kier alpha value is -2.89. The van der Waals surface area contributed by atoms with Crippen molar-refractivity contribution in [2.24, 2.45) is 5.16 Å². The Morgan fingerprint density at radius 1 is 1.04 bits per heavy atom. The van der Waals surface area contributed by atoms with Crippen LogP contribution in [0.5, 0.6) is 0 Å². The number of hydrogen-bond donors (Lipinski definition) is 2. The van der Waals surface area contributed by atoms with E-state index in [-0.39, 0.29) is 0 Å². The number of benzene rings is 3. The average molecular weight is 394 g/mol. The Kier molecular flexibility index (Phi) is 4.79. The van der Waals surface area contributed by atoms with Gasteiger partial charge in [-0.05, 0) is 42.8 Å². The highest BCUT2D eigenvalue weighted by molar-refractivity contribution is 7.22. The van der Waals surface area contributed by atoms with E-state index in [0.29, 0.717) is 16.3 Å². The van der Waals surface area contributed by atoms with Crippen molar-refractivity contribution in [2.75, 3.05) is 5.32 Å². The molecule has 27 heavy (non-hydrogen) atoms. The maximum absolute atomic E-state index is 9.57. The lowest BCUT2D eigenvalue weighted by molar-refractivity contribution is 0.319. The van der Waals surface area contributed by atoms with Gasteiger partial charge in [0.1, 0.15) is 5.71 Å². The standard InChI is InChI=1S/C21H16ClN3OS/c1-13-6-2-3-7-15(13)20(25-26)16-11-10-14(12-17(16)22)23-21-24-18-8-4-5-9-19(18)27-21/h2-12,26H,1H3,(H,23,24). The molecule has 0 spiro atoms. The Morgan fingerprint density at radius 2 is 1.81 bits per heavy atom. The SMILES string of the molecule is Cc1ccccc1C(=NO)c1ccc(Nc2nc3ccccc3s2)cc1Cl. The van der Waals surface area contributed by atoms with Crippen LogP contribution in [0.4, 0.5) is 10.8 Å². The summed E-state index contributed by atoms with van der Waals surface area (Å²) in [4.78, 5) is 4.57. The Labute approximate surface area is 165 Å². The van der Waals surface area contributed by atoms with E-state index in [9.17, 15) is 5.21 Å². The Morgan fingerprint density at radius 3 is 2.56 bits per heavy atom. The summed E-state index contributed by atoms with van der Waals surface area (Å²) in [6.07, 6.45) is 0. The highest BCUT2D eigenvalue weighted by Gasteiger charge is 2.14. The van der Waals surface area contributed by atoms with Gasteiger partial charge in [-0.3, -0.25) is 0 Å². The number of rotatable bonds is 4. The number of halogens is 1. The number of para-hydroxylation sites is 1. The van der Waals surface area contributed by atoms with Gasteiger partial charge >= 0.3 is 0 Å². The van der Waals surface area contributed by atoms with Crippen LogP contribution >= 0.6 is 22.9 Å². The third-order valence-electron chi connectivity index (χ3n) is 4.27. The fourth-order valence-electron chi connectivity index (χ4n) is 2.93. The second-order valence-electron chi connectivity index (χ2n) is 6.07. The van der Waals surface area contributed by atoms with Crippen LogP contribution < -0.4 is 5.32 Å². The highest BCUT2D eigenvalue weighted by atomic mass is 35.5. The van der Waals surface area contributed by atoms with Crippen LogP contribution in [0.25, 0.3) is 10.2 Å². The number of fused-ring (bicyclic) bond motifs is 1. The zero-order chi connectivity index (χ0) is 18.8. The van der Waals surface area contributed by atoms with Crippen molar-refractivity contribution in [1.29, 1.82) is 0 Å². The highest BCUT2D eigenvalue weighted by Crippen LogP contribution is 2.30. The van der Waals surface area contributed by atoms with Crippen LogP contribution in [0, 0.1) is 6.92 Å². The lowest BCUT2D eigenvalue weighted by Gasteiger charge is -2.11. The Balaban J connectivity index is 1.65. The number of anilines is 2. The summed E-state index contributed by atoms with van der Waals surface area (Å²) >= 11 is 8.08. The van der Waals surface area contributed by atoms with Crippen molar-refractivity contribution in [3.8, 4) is 0 Å². The van der Waals surface area contributed by atoms with E-state index >= 15 is 0 Å². The fraction of sp³-hybridized carbons (Fsp3) is 0.0476. The molecule has 1 heterocycles. The van der Waals surface area contributed by atoms with Crippen molar-refractivity contribution in [3.63, 3.8) is 0 Å². The van der Waals surface area contributed by atoms with Gasteiger partial charge < -0.3 is 10.5 Å². The number of oxime groups is 1. The number of aromatic nitrogens is 1. The number of hydrogen-bond acceptors (Lipinski definition) is 5. The van der Waals surface area contributed by atoms with Crippen LogP contribution in [0.2, 0.25) is 5.02 Å². The molecule has 1 aromatic heterocycles. The summed E-state index contributed by atoms with van der Waals surface area (Å²) in [6.45, 7) is 1.97. The molecule has 4 rings (SSSR count). The van der Waals surface area contributed by atoms with E-state index < -0.39 is 0 Å². The van der Waals surface area contributed by atoms with E-state index in [1.165, 1.54) is 0 Å². The molecule has 0 aliphatic rings. The van der Waals surface area contributed by atoms with E-state index in [4.69, 9.17) is 11.6 Å². The largest absolute Gasteiger partial charge is 0.410 e. The molecule has 0 bridgehead atoms. The fourth-order valence-corrected chi connectivity index (χ4v) is 4.08. The van der Waals surface area contributed by atoms with Crippen LogP contribution in [-0.2, 0) is 0 Å². The second kappa shape index (κ2) is 7.39. The molecule has 0 saturated carbocycles. The van der Waals surface area contributed by atoms with Crippen LogP contribution in [-0.4, -0.2) is 15.9 Å². The molecule has 2 N–H and O–H groups in total. The number of nitrogens with zero attached hydrogens (tertiary/aromatic N) is 2. The minimum atomic E-state index is 0.449. The molecule has 0 aliphatic carbocycles. The van der Waals surface area contributed by atoms with E-state index in [1.807, 2.05) is 73.7 Å². The molecule has 0 unspecified atom stereocenters. The van der Waals surface area contributed by atoms with E-state index in [2.05, 4.69) is 15.5 Å². The molecule has 134 valence electrons. The first kappa shape index (κ1) is 17.5. The lowest BCUT2D eigenvalue weighted by Crippen LogP contribution is -2.06. The van der Waals surface area contributed by atoms with Gasteiger partial charge in [0.05, 0.1) is 15.2 Å². The summed E-state index contributed by atoms with van der Waals surface area (Å²) in [5.41, 5.74) is 4.76. The first-order valence-electron chi connectivity index (χ1n) is 8.36. The second-order valence-corrected chi connectivity index (χ2v) is 7.51. The van der Waals surface area contributed by atoms with Crippen molar-refractivity contribution < 1.29 is 5.21 Å². The summed E-state index contributed by atoms with van der Waals surface area (Å²) in [5, 5.41) is 17.7. The van der Waals surface area contributed by atoms with Gasteiger partial charge in [-0.1, -0.05) is 64.5 Å².